The van der Waals surface area contributed by atoms with Gasteiger partial charge in [-0.3, -0.25) is 0 Å². The molecule has 0 saturated heterocycles. The smallest absolute Gasteiger partial charge is 0.152 e. The molecule has 0 fully saturated rings. The van der Waals surface area contributed by atoms with Crippen LogP contribution in [0.25, 0.3) is 0 Å². The number of aryl methyl sites for hydroxylation is 1. The van der Waals surface area contributed by atoms with Gasteiger partial charge in [0.05, 0.1) is 17.9 Å². The third-order valence-corrected chi connectivity index (χ3v) is 2.98. The zero-order chi connectivity index (χ0) is 12.3. The summed E-state index contributed by atoms with van der Waals surface area (Å²) < 4.78 is 2.98. The van der Waals surface area contributed by atoms with E-state index in [1.54, 1.807) is 6.33 Å². The number of nitrogens with one attached hydrogen (secondary N) is 1. The maximum absolute atomic E-state index is 5.87. The Morgan fingerprint density at radius 3 is 3.06 bits per heavy atom. The third-order valence-electron chi connectivity index (χ3n) is 2.49. The third kappa shape index (κ3) is 2.76. The van der Waals surface area contributed by atoms with Crippen LogP contribution in [0, 0.1) is 0 Å². The van der Waals surface area contributed by atoms with Crippen molar-refractivity contribution in [3.63, 3.8) is 0 Å². The molecule has 0 atom stereocenters. The van der Waals surface area contributed by atoms with Crippen LogP contribution in [0.15, 0.2) is 29.0 Å². The molecule has 6 heteroatoms. The highest BCUT2D eigenvalue weighted by molar-refractivity contribution is 9.10. The number of rotatable bonds is 4. The number of hydrogen-bond donors (Lipinski definition) is 2. The Morgan fingerprint density at radius 2 is 2.29 bits per heavy atom. The number of hydrogen-bond acceptors (Lipinski definition) is 4. The first kappa shape index (κ1) is 11.9. The molecule has 0 spiro atoms. The van der Waals surface area contributed by atoms with Crippen LogP contribution in [0.4, 0.5) is 11.4 Å². The molecular weight excluding hydrogens is 282 g/mol. The monoisotopic (exact) mass is 295 g/mol. The van der Waals surface area contributed by atoms with Crippen molar-refractivity contribution in [2.24, 2.45) is 0 Å². The summed E-state index contributed by atoms with van der Waals surface area (Å²) in [6.45, 7) is 3.52. The summed E-state index contributed by atoms with van der Waals surface area (Å²) in [4.78, 5) is 0. The largest absolute Gasteiger partial charge is 0.397 e. The van der Waals surface area contributed by atoms with E-state index < -0.39 is 0 Å². The lowest BCUT2D eigenvalue weighted by Gasteiger charge is -2.09. The van der Waals surface area contributed by atoms with E-state index in [1.807, 2.05) is 22.8 Å². The zero-order valence-electron chi connectivity index (χ0n) is 9.52. The fourth-order valence-corrected chi connectivity index (χ4v) is 1.90. The predicted octanol–water partition coefficient (Wildman–Crippen LogP) is 2.25. The van der Waals surface area contributed by atoms with Crippen LogP contribution < -0.4 is 11.1 Å². The van der Waals surface area contributed by atoms with Crippen molar-refractivity contribution in [2.45, 2.75) is 20.0 Å². The number of aromatic nitrogens is 3. The van der Waals surface area contributed by atoms with Crippen molar-refractivity contribution in [3.05, 3.63) is 34.8 Å². The first-order chi connectivity index (χ1) is 8.20. The molecule has 0 aliphatic carbocycles. The van der Waals surface area contributed by atoms with Crippen molar-refractivity contribution in [2.75, 3.05) is 11.1 Å². The minimum absolute atomic E-state index is 0.606. The molecular formula is C11H14BrN5. The first-order valence-electron chi connectivity index (χ1n) is 5.36. The van der Waals surface area contributed by atoms with Crippen molar-refractivity contribution in [3.8, 4) is 0 Å². The highest BCUT2D eigenvalue weighted by atomic mass is 79.9. The number of nitrogen functional groups attached to an aromatic ring is 1. The number of halogens is 1. The van der Waals surface area contributed by atoms with Crippen molar-refractivity contribution >= 4 is 27.3 Å². The van der Waals surface area contributed by atoms with Gasteiger partial charge in [-0.1, -0.05) is 15.9 Å². The number of nitrogens with zero attached hydrogens (tertiary/aromatic N) is 3. The Labute approximate surface area is 108 Å². The maximum Gasteiger partial charge on any atom is 0.152 e. The lowest BCUT2D eigenvalue weighted by molar-refractivity contribution is 0.708. The fraction of sp³-hybridized carbons (Fsp3) is 0.273. The minimum atomic E-state index is 0.606. The van der Waals surface area contributed by atoms with E-state index in [0.29, 0.717) is 6.54 Å². The van der Waals surface area contributed by atoms with Crippen molar-refractivity contribution < 1.29 is 0 Å². The average Bonchev–Trinajstić information content (AvgIpc) is 2.77. The summed E-state index contributed by atoms with van der Waals surface area (Å²) in [5.74, 6) is 0.895. The van der Waals surface area contributed by atoms with Crippen molar-refractivity contribution in [1.82, 2.24) is 14.8 Å². The first-order valence-corrected chi connectivity index (χ1v) is 6.15. The Balaban J connectivity index is 2.09. The SMILES string of the molecule is CCn1cnnc1CNc1cc(Br)ccc1N. The molecule has 1 heterocycles. The van der Waals surface area contributed by atoms with E-state index in [2.05, 4.69) is 38.4 Å². The maximum atomic E-state index is 5.87. The summed E-state index contributed by atoms with van der Waals surface area (Å²) >= 11 is 3.41. The highest BCUT2D eigenvalue weighted by Crippen LogP contribution is 2.23. The van der Waals surface area contributed by atoms with E-state index in [4.69, 9.17) is 5.73 Å². The molecule has 5 nitrogen and oxygen atoms in total. The second-order valence-corrected chi connectivity index (χ2v) is 4.53. The molecule has 1 aromatic carbocycles. The van der Waals surface area contributed by atoms with E-state index in [9.17, 15) is 0 Å². The summed E-state index contributed by atoms with van der Waals surface area (Å²) in [5, 5.41) is 11.2. The van der Waals surface area contributed by atoms with Crippen LogP contribution in [-0.4, -0.2) is 14.8 Å². The van der Waals surface area contributed by atoms with Crippen molar-refractivity contribution in [1.29, 1.82) is 0 Å². The second kappa shape index (κ2) is 5.18. The van der Waals surface area contributed by atoms with Crippen LogP contribution >= 0.6 is 15.9 Å². The van der Waals surface area contributed by atoms with Crippen LogP contribution in [-0.2, 0) is 13.1 Å². The fourth-order valence-electron chi connectivity index (χ4n) is 1.54. The summed E-state index contributed by atoms with van der Waals surface area (Å²) in [5.41, 5.74) is 7.49. The molecule has 3 N–H and O–H groups in total. The van der Waals surface area contributed by atoms with Gasteiger partial charge in [-0.25, -0.2) is 0 Å². The Hall–Kier alpha value is -1.56. The zero-order valence-corrected chi connectivity index (χ0v) is 11.1. The number of nitrogens with two attached hydrogens (primary N) is 1. The van der Waals surface area contributed by atoms with E-state index in [-0.39, 0.29) is 0 Å². The topological polar surface area (TPSA) is 68.8 Å². The molecule has 90 valence electrons. The average molecular weight is 296 g/mol. The van der Waals surface area contributed by atoms with Gasteiger partial charge in [0.1, 0.15) is 6.33 Å². The molecule has 17 heavy (non-hydrogen) atoms. The van der Waals surface area contributed by atoms with Gasteiger partial charge in [-0.15, -0.1) is 10.2 Å². The van der Waals surface area contributed by atoms with Gasteiger partial charge in [-0.05, 0) is 25.1 Å². The van der Waals surface area contributed by atoms with Gasteiger partial charge in [0.2, 0.25) is 0 Å². The lowest BCUT2D eigenvalue weighted by atomic mass is 10.2. The molecule has 1 aromatic heterocycles. The Morgan fingerprint density at radius 1 is 1.47 bits per heavy atom. The van der Waals surface area contributed by atoms with Crippen LogP contribution in [0.3, 0.4) is 0 Å². The van der Waals surface area contributed by atoms with E-state index >= 15 is 0 Å². The molecule has 0 unspecified atom stereocenters. The second-order valence-electron chi connectivity index (χ2n) is 3.62. The molecule has 0 aliphatic heterocycles. The highest BCUT2D eigenvalue weighted by Gasteiger charge is 2.04. The van der Waals surface area contributed by atoms with E-state index in [1.165, 1.54) is 0 Å². The van der Waals surface area contributed by atoms with Gasteiger partial charge >= 0.3 is 0 Å². The van der Waals surface area contributed by atoms with Crippen LogP contribution in [0.2, 0.25) is 0 Å². The summed E-state index contributed by atoms with van der Waals surface area (Å²) in [6.07, 6.45) is 1.72. The number of benzene rings is 1. The van der Waals surface area contributed by atoms with Gasteiger partial charge < -0.3 is 15.6 Å². The molecule has 2 aromatic rings. The Bertz CT molecular complexity index is 508. The number of anilines is 2. The molecule has 0 bridgehead atoms. The normalized spacial score (nSPS) is 10.5. The van der Waals surface area contributed by atoms with Crippen LogP contribution in [0.5, 0.6) is 0 Å². The molecule has 0 aliphatic rings. The molecule has 0 amide bonds. The molecule has 2 rings (SSSR count). The van der Waals surface area contributed by atoms with E-state index in [0.717, 1.165) is 28.2 Å². The lowest BCUT2D eigenvalue weighted by Crippen LogP contribution is -2.08. The van der Waals surface area contributed by atoms with Gasteiger partial charge in [0.25, 0.3) is 0 Å². The Kier molecular flexibility index (Phi) is 3.63. The van der Waals surface area contributed by atoms with Crippen LogP contribution in [0.1, 0.15) is 12.7 Å². The molecule has 0 saturated carbocycles. The standard InChI is InChI=1S/C11H14BrN5/c1-2-17-7-15-16-11(17)6-14-10-5-8(12)3-4-9(10)13/h3-5,7,14H,2,6,13H2,1H3. The molecule has 0 radical (unpaired) electrons. The van der Waals surface area contributed by atoms with Gasteiger partial charge in [0, 0.05) is 11.0 Å². The minimum Gasteiger partial charge on any atom is -0.397 e. The predicted molar refractivity (Wildman–Crippen MR) is 71.6 cm³/mol. The van der Waals surface area contributed by atoms with Gasteiger partial charge in [-0.2, -0.15) is 0 Å². The summed E-state index contributed by atoms with van der Waals surface area (Å²) in [6, 6.07) is 5.72. The quantitative estimate of drug-likeness (QED) is 0.849. The van der Waals surface area contributed by atoms with Gasteiger partial charge in [0.15, 0.2) is 5.82 Å². The summed E-state index contributed by atoms with van der Waals surface area (Å²) in [7, 11) is 0.